The molecule has 1 aromatic rings. The number of H-pyrrole nitrogens is 1. The van der Waals surface area contributed by atoms with E-state index in [0.29, 0.717) is 12.8 Å². The van der Waals surface area contributed by atoms with E-state index < -0.39 is 41.6 Å². The molecule has 1 saturated heterocycles. The zero-order valence-corrected chi connectivity index (χ0v) is 13.3. The molecular formula is C14H20N2O8. The van der Waals surface area contributed by atoms with Gasteiger partial charge in [-0.1, -0.05) is 13.3 Å². The molecular weight excluding hydrogens is 324 g/mol. The third kappa shape index (κ3) is 3.35. The Hall–Kier alpha value is -2.17. The first-order valence-electron chi connectivity index (χ1n) is 7.47. The monoisotopic (exact) mass is 344 g/mol. The average molecular weight is 344 g/mol. The highest BCUT2D eigenvalue weighted by atomic mass is 16.7. The summed E-state index contributed by atoms with van der Waals surface area (Å²) in [6.07, 6.45) is -4.13. The topological polar surface area (TPSA) is 151 Å². The molecule has 4 atom stereocenters. The maximum absolute atomic E-state index is 12.2. The minimum atomic E-state index is -1.91. The summed E-state index contributed by atoms with van der Waals surface area (Å²) in [4.78, 5) is 36.4. The Bertz CT molecular complexity index is 726. The van der Waals surface area contributed by atoms with E-state index in [2.05, 4.69) is 9.72 Å². The van der Waals surface area contributed by atoms with Gasteiger partial charge in [0.1, 0.15) is 6.10 Å². The first-order valence-corrected chi connectivity index (χ1v) is 7.47. The predicted octanol–water partition coefficient (Wildman–Crippen LogP) is -0.539. The number of hydrogen-bond acceptors (Lipinski definition) is 7. The van der Waals surface area contributed by atoms with Gasteiger partial charge in [0.15, 0.2) is 5.72 Å². The molecule has 0 radical (unpaired) electrons. The molecule has 0 saturated carbocycles. The third-order valence-electron chi connectivity index (χ3n) is 3.97. The van der Waals surface area contributed by atoms with Crippen LogP contribution in [0.15, 0.2) is 15.8 Å². The van der Waals surface area contributed by atoms with Gasteiger partial charge in [-0.15, -0.1) is 0 Å². The lowest BCUT2D eigenvalue weighted by Gasteiger charge is -2.31. The fourth-order valence-corrected chi connectivity index (χ4v) is 2.94. The van der Waals surface area contributed by atoms with E-state index in [4.69, 9.17) is 9.84 Å². The number of nitrogens with one attached hydrogen (secondary N) is 1. The second-order valence-corrected chi connectivity index (χ2v) is 5.77. The van der Waals surface area contributed by atoms with Crippen molar-refractivity contribution < 1.29 is 29.6 Å². The smallest absolute Gasteiger partial charge is 0.450 e. The summed E-state index contributed by atoms with van der Waals surface area (Å²) < 4.78 is 11.1. The van der Waals surface area contributed by atoms with Crippen molar-refractivity contribution in [3.05, 3.63) is 32.6 Å². The zero-order chi connectivity index (χ0) is 18.1. The van der Waals surface area contributed by atoms with Crippen LogP contribution in [0.1, 0.15) is 31.7 Å². The van der Waals surface area contributed by atoms with Gasteiger partial charge >= 0.3 is 11.8 Å². The van der Waals surface area contributed by atoms with Crippen LogP contribution in [0, 0.1) is 6.92 Å². The molecule has 0 aromatic carbocycles. The molecule has 1 aromatic heterocycles. The van der Waals surface area contributed by atoms with Gasteiger partial charge in [0, 0.05) is 18.2 Å². The predicted molar refractivity (Wildman–Crippen MR) is 79.6 cm³/mol. The van der Waals surface area contributed by atoms with Gasteiger partial charge in [-0.3, -0.25) is 14.3 Å². The number of aliphatic hydroxyl groups excluding tert-OH is 2. The first-order chi connectivity index (χ1) is 11.2. The van der Waals surface area contributed by atoms with E-state index in [1.54, 1.807) is 0 Å². The molecule has 10 nitrogen and oxygen atoms in total. The molecule has 1 unspecified atom stereocenters. The highest BCUT2D eigenvalue weighted by Crippen LogP contribution is 2.39. The maximum atomic E-state index is 12.2. The van der Waals surface area contributed by atoms with Crippen molar-refractivity contribution in [2.75, 3.05) is 0 Å². The summed E-state index contributed by atoms with van der Waals surface area (Å²) in [5.74, 6) is 0. The summed E-state index contributed by atoms with van der Waals surface area (Å²) in [7, 11) is 0. The molecule has 0 spiro atoms. The number of aromatic amines is 1. The number of aliphatic hydroxyl groups is 2. The van der Waals surface area contributed by atoms with Crippen LogP contribution >= 0.6 is 0 Å². The SMILES string of the molecule is CCC[C@]1(n2cc(C)c(=O)[nH]c2=O)C[C@H](O)[C@@H](C(O)OC(=O)O)O1. The van der Waals surface area contributed by atoms with Gasteiger partial charge in [0.25, 0.3) is 5.56 Å². The van der Waals surface area contributed by atoms with Gasteiger partial charge in [0.05, 0.1) is 6.10 Å². The third-order valence-corrected chi connectivity index (χ3v) is 3.97. The van der Waals surface area contributed by atoms with Crippen LogP contribution in [0.25, 0.3) is 0 Å². The molecule has 4 N–H and O–H groups in total. The average Bonchev–Trinajstić information content (AvgIpc) is 2.80. The van der Waals surface area contributed by atoms with Crippen LogP contribution in [0.5, 0.6) is 0 Å². The van der Waals surface area contributed by atoms with Crippen molar-refractivity contribution in [1.82, 2.24) is 9.55 Å². The molecule has 2 rings (SSSR count). The van der Waals surface area contributed by atoms with Crippen molar-refractivity contribution >= 4 is 6.16 Å². The summed E-state index contributed by atoms with van der Waals surface area (Å²) in [5.41, 5.74) is -2.31. The quantitative estimate of drug-likeness (QED) is 0.411. The molecule has 24 heavy (non-hydrogen) atoms. The number of aryl methyl sites for hydroxylation is 1. The largest absolute Gasteiger partial charge is 0.508 e. The molecule has 0 amide bonds. The number of nitrogens with zero attached hydrogens (tertiary/aromatic N) is 1. The molecule has 1 aliphatic rings. The van der Waals surface area contributed by atoms with Crippen molar-refractivity contribution in [3.8, 4) is 0 Å². The summed E-state index contributed by atoms with van der Waals surface area (Å²) >= 11 is 0. The zero-order valence-electron chi connectivity index (χ0n) is 13.3. The fourth-order valence-electron chi connectivity index (χ4n) is 2.94. The number of aromatic nitrogens is 2. The van der Waals surface area contributed by atoms with Crippen molar-refractivity contribution in [2.45, 2.75) is 57.3 Å². The molecule has 0 aliphatic carbocycles. The number of carboxylic acid groups (broad SMARTS) is 1. The van der Waals surface area contributed by atoms with E-state index in [-0.39, 0.29) is 12.0 Å². The van der Waals surface area contributed by atoms with E-state index in [1.807, 2.05) is 6.92 Å². The molecule has 134 valence electrons. The Morgan fingerprint density at radius 1 is 1.58 bits per heavy atom. The highest BCUT2D eigenvalue weighted by molar-refractivity contribution is 5.56. The van der Waals surface area contributed by atoms with Crippen molar-refractivity contribution in [3.63, 3.8) is 0 Å². The van der Waals surface area contributed by atoms with Gasteiger partial charge in [-0.05, 0) is 13.3 Å². The van der Waals surface area contributed by atoms with Crippen LogP contribution in [0.3, 0.4) is 0 Å². The number of rotatable bonds is 5. The Kier molecular flexibility index (Phi) is 5.11. The van der Waals surface area contributed by atoms with E-state index in [0.717, 1.165) is 4.57 Å². The highest BCUT2D eigenvalue weighted by Gasteiger charge is 2.51. The van der Waals surface area contributed by atoms with E-state index in [1.165, 1.54) is 13.1 Å². The van der Waals surface area contributed by atoms with Gasteiger partial charge < -0.3 is 24.8 Å². The second-order valence-electron chi connectivity index (χ2n) is 5.77. The molecule has 1 fully saturated rings. The van der Waals surface area contributed by atoms with Crippen LogP contribution in [-0.2, 0) is 15.2 Å². The molecule has 0 bridgehead atoms. The van der Waals surface area contributed by atoms with Crippen molar-refractivity contribution in [1.29, 1.82) is 0 Å². The number of ether oxygens (including phenoxy) is 2. The van der Waals surface area contributed by atoms with Crippen LogP contribution in [0.2, 0.25) is 0 Å². The van der Waals surface area contributed by atoms with Crippen LogP contribution in [-0.4, -0.2) is 49.5 Å². The standard InChI is InChI=1S/C14H20N2O8/c1-3-4-14(16-6-7(2)10(18)15-12(16)20)5-8(17)9(24-14)11(19)23-13(21)22/h6,8-9,11,17,19H,3-5H2,1-2H3,(H,21,22)(H,15,18,20)/t8-,9-,11?,14+/m0/s1. The first kappa shape index (κ1) is 18.2. The number of hydrogen-bond donors (Lipinski definition) is 4. The second kappa shape index (κ2) is 6.75. The Balaban J connectivity index is 2.43. The lowest BCUT2D eigenvalue weighted by molar-refractivity contribution is -0.203. The Labute approximate surface area is 136 Å². The lowest BCUT2D eigenvalue weighted by Crippen LogP contribution is -2.45. The molecule has 1 aliphatic heterocycles. The fraction of sp³-hybridized carbons (Fsp3) is 0.643. The van der Waals surface area contributed by atoms with Crippen molar-refractivity contribution in [2.24, 2.45) is 0 Å². The maximum Gasteiger partial charge on any atom is 0.508 e. The van der Waals surface area contributed by atoms with E-state index in [9.17, 15) is 24.6 Å². The minimum absolute atomic E-state index is 0.0725. The Morgan fingerprint density at radius 3 is 2.83 bits per heavy atom. The summed E-state index contributed by atoms with van der Waals surface area (Å²) in [5, 5.41) is 28.5. The normalized spacial score (nSPS) is 27.8. The van der Waals surface area contributed by atoms with Crippen LogP contribution in [0.4, 0.5) is 4.79 Å². The lowest BCUT2D eigenvalue weighted by atomic mass is 10.0. The summed E-state index contributed by atoms with van der Waals surface area (Å²) in [6, 6.07) is 0. The van der Waals surface area contributed by atoms with Gasteiger partial charge in [-0.2, -0.15) is 0 Å². The Morgan fingerprint density at radius 2 is 2.25 bits per heavy atom. The van der Waals surface area contributed by atoms with Gasteiger partial charge in [-0.25, -0.2) is 9.59 Å². The van der Waals surface area contributed by atoms with Gasteiger partial charge in [0.2, 0.25) is 6.29 Å². The minimum Gasteiger partial charge on any atom is -0.450 e. The van der Waals surface area contributed by atoms with E-state index >= 15 is 0 Å². The molecule has 10 heteroatoms. The van der Waals surface area contributed by atoms with Crippen LogP contribution < -0.4 is 11.2 Å². The summed E-state index contributed by atoms with van der Waals surface area (Å²) in [6.45, 7) is 3.35. The molecule has 2 heterocycles. The number of carbonyl (C=O) groups is 1.